The Kier molecular flexibility index (Phi) is 5.21. The monoisotopic (exact) mass is 345 g/mol. The number of furan rings is 1. The maximum Gasteiger partial charge on any atom is 0.374 e. The van der Waals surface area contributed by atoms with Crippen LogP contribution in [-0.4, -0.2) is 46.3 Å². The van der Waals surface area contributed by atoms with Crippen molar-refractivity contribution in [1.29, 1.82) is 0 Å². The van der Waals surface area contributed by atoms with Crippen molar-refractivity contribution in [3.8, 4) is 0 Å². The van der Waals surface area contributed by atoms with Gasteiger partial charge in [-0.1, -0.05) is 13.8 Å². The number of piperidine rings is 1. The Morgan fingerprint density at radius 3 is 2.72 bits per heavy atom. The van der Waals surface area contributed by atoms with Crippen LogP contribution in [0.5, 0.6) is 0 Å². The highest BCUT2D eigenvalue weighted by Gasteiger charge is 2.26. The highest BCUT2D eigenvalue weighted by atomic mass is 16.5. The van der Waals surface area contributed by atoms with Crippen molar-refractivity contribution in [1.82, 2.24) is 14.7 Å². The average Bonchev–Trinajstić information content (AvgIpc) is 3.23. The number of carbonyl (C=O) groups excluding carboxylic acids is 2. The maximum atomic E-state index is 12.2. The predicted molar refractivity (Wildman–Crippen MR) is 89.8 cm³/mol. The molecule has 0 spiro atoms. The van der Waals surface area contributed by atoms with Crippen LogP contribution >= 0.6 is 0 Å². The fourth-order valence-electron chi connectivity index (χ4n) is 3.28. The quantitative estimate of drug-likeness (QED) is 0.776. The van der Waals surface area contributed by atoms with Crippen LogP contribution in [0.3, 0.4) is 0 Å². The number of rotatable bonds is 5. The van der Waals surface area contributed by atoms with Gasteiger partial charge < -0.3 is 14.1 Å². The summed E-state index contributed by atoms with van der Waals surface area (Å²) in [6.45, 7) is 5.87. The standard InChI is InChI=1S/C18H23N3O4/c1-13-8-14(2)10-20(9-13)17(22)12-24-18(23)16-5-4-15(25-16)11-21-7-3-6-19-21/h3-7,13-14H,8-12H2,1-2H3. The molecule has 0 aliphatic carbocycles. The largest absolute Gasteiger partial charge is 0.452 e. The number of carbonyl (C=O) groups is 2. The van der Waals surface area contributed by atoms with E-state index < -0.39 is 5.97 Å². The molecule has 0 saturated carbocycles. The lowest BCUT2D eigenvalue weighted by molar-refractivity contribution is -0.137. The lowest BCUT2D eigenvalue weighted by atomic mass is 9.92. The van der Waals surface area contributed by atoms with Crippen molar-refractivity contribution in [3.63, 3.8) is 0 Å². The number of likely N-dealkylation sites (tertiary alicyclic amines) is 1. The SMILES string of the molecule is CC1CC(C)CN(C(=O)COC(=O)c2ccc(Cn3cccn3)o2)C1. The Hall–Kier alpha value is -2.57. The molecule has 2 aromatic heterocycles. The average molecular weight is 345 g/mol. The zero-order valence-corrected chi connectivity index (χ0v) is 14.6. The van der Waals surface area contributed by atoms with Crippen molar-refractivity contribution >= 4 is 11.9 Å². The topological polar surface area (TPSA) is 77.6 Å². The molecule has 1 fully saturated rings. The molecule has 2 unspecified atom stereocenters. The van der Waals surface area contributed by atoms with Gasteiger partial charge in [-0.3, -0.25) is 9.48 Å². The van der Waals surface area contributed by atoms with Crippen LogP contribution in [-0.2, 0) is 16.1 Å². The summed E-state index contributed by atoms with van der Waals surface area (Å²) in [5.74, 6) is 0.848. The number of esters is 1. The number of amides is 1. The first-order valence-corrected chi connectivity index (χ1v) is 8.52. The molecule has 1 amide bonds. The van der Waals surface area contributed by atoms with Gasteiger partial charge in [-0.15, -0.1) is 0 Å². The van der Waals surface area contributed by atoms with E-state index in [0.717, 1.165) is 19.5 Å². The van der Waals surface area contributed by atoms with Crippen molar-refractivity contribution < 1.29 is 18.7 Å². The van der Waals surface area contributed by atoms with Gasteiger partial charge in [0, 0.05) is 25.5 Å². The molecule has 0 radical (unpaired) electrons. The van der Waals surface area contributed by atoms with Crippen LogP contribution in [0.4, 0.5) is 0 Å². The number of ether oxygens (including phenoxy) is 1. The van der Waals surface area contributed by atoms with E-state index in [1.807, 2.05) is 6.07 Å². The van der Waals surface area contributed by atoms with Gasteiger partial charge in [0.25, 0.3) is 5.91 Å². The van der Waals surface area contributed by atoms with Gasteiger partial charge in [0.2, 0.25) is 5.76 Å². The number of hydrogen-bond donors (Lipinski definition) is 0. The van der Waals surface area contributed by atoms with Crippen LogP contribution < -0.4 is 0 Å². The number of hydrogen-bond acceptors (Lipinski definition) is 5. The first-order valence-electron chi connectivity index (χ1n) is 8.52. The summed E-state index contributed by atoms with van der Waals surface area (Å²) in [7, 11) is 0. The Morgan fingerprint density at radius 1 is 1.28 bits per heavy atom. The van der Waals surface area contributed by atoms with Crippen molar-refractivity contribution in [2.24, 2.45) is 11.8 Å². The lowest BCUT2D eigenvalue weighted by Gasteiger charge is -2.34. The summed E-state index contributed by atoms with van der Waals surface area (Å²) >= 11 is 0. The lowest BCUT2D eigenvalue weighted by Crippen LogP contribution is -2.44. The zero-order chi connectivity index (χ0) is 17.8. The zero-order valence-electron chi connectivity index (χ0n) is 14.6. The predicted octanol–water partition coefficient (Wildman–Crippen LogP) is 2.19. The molecule has 1 aliphatic rings. The third-order valence-electron chi connectivity index (χ3n) is 4.29. The first-order chi connectivity index (χ1) is 12.0. The van der Waals surface area contributed by atoms with E-state index in [-0.39, 0.29) is 18.3 Å². The van der Waals surface area contributed by atoms with E-state index in [9.17, 15) is 9.59 Å². The van der Waals surface area contributed by atoms with Gasteiger partial charge in [-0.05, 0) is 36.5 Å². The van der Waals surface area contributed by atoms with Gasteiger partial charge in [-0.25, -0.2) is 4.79 Å². The molecule has 3 heterocycles. The van der Waals surface area contributed by atoms with Crippen molar-refractivity contribution in [2.45, 2.75) is 26.8 Å². The van der Waals surface area contributed by atoms with Gasteiger partial charge in [0.1, 0.15) is 5.76 Å². The molecule has 3 rings (SSSR count). The fraction of sp³-hybridized carbons (Fsp3) is 0.500. The Morgan fingerprint density at radius 2 is 2.04 bits per heavy atom. The van der Waals surface area contributed by atoms with Gasteiger partial charge in [0.05, 0.1) is 6.54 Å². The van der Waals surface area contributed by atoms with E-state index in [0.29, 0.717) is 24.1 Å². The van der Waals surface area contributed by atoms with E-state index in [2.05, 4.69) is 18.9 Å². The van der Waals surface area contributed by atoms with Gasteiger partial charge in [-0.2, -0.15) is 5.10 Å². The second-order valence-electron chi connectivity index (χ2n) is 6.79. The van der Waals surface area contributed by atoms with E-state index in [1.165, 1.54) is 0 Å². The molecule has 0 aromatic carbocycles. The molecule has 2 atom stereocenters. The number of nitrogens with zero attached hydrogens (tertiary/aromatic N) is 3. The maximum absolute atomic E-state index is 12.2. The molecule has 7 nitrogen and oxygen atoms in total. The van der Waals surface area contributed by atoms with Crippen molar-refractivity contribution in [2.75, 3.05) is 19.7 Å². The molecule has 1 saturated heterocycles. The number of aromatic nitrogens is 2. The minimum absolute atomic E-state index is 0.0929. The van der Waals surface area contributed by atoms with Crippen LogP contribution in [0.1, 0.15) is 36.6 Å². The summed E-state index contributed by atoms with van der Waals surface area (Å²) in [5, 5.41) is 4.08. The summed E-state index contributed by atoms with van der Waals surface area (Å²) in [6, 6.07) is 5.07. The second kappa shape index (κ2) is 7.55. The van der Waals surface area contributed by atoms with E-state index >= 15 is 0 Å². The first kappa shape index (κ1) is 17.3. The van der Waals surface area contributed by atoms with Gasteiger partial charge in [0.15, 0.2) is 6.61 Å². The molecular formula is C18H23N3O4. The molecule has 2 aromatic rings. The Labute approximate surface area is 146 Å². The van der Waals surface area contributed by atoms with E-state index in [4.69, 9.17) is 9.15 Å². The highest BCUT2D eigenvalue weighted by Crippen LogP contribution is 2.21. The molecule has 0 N–H and O–H groups in total. The van der Waals surface area contributed by atoms with Crippen LogP contribution in [0, 0.1) is 11.8 Å². The highest BCUT2D eigenvalue weighted by molar-refractivity contribution is 5.88. The normalized spacial score (nSPS) is 20.5. The van der Waals surface area contributed by atoms with Crippen LogP contribution in [0.2, 0.25) is 0 Å². The summed E-state index contributed by atoms with van der Waals surface area (Å²) < 4.78 is 12.3. The minimum Gasteiger partial charge on any atom is -0.452 e. The fourth-order valence-corrected chi connectivity index (χ4v) is 3.28. The van der Waals surface area contributed by atoms with Gasteiger partial charge >= 0.3 is 5.97 Å². The smallest absolute Gasteiger partial charge is 0.374 e. The summed E-state index contributed by atoms with van der Waals surface area (Å²) in [5.41, 5.74) is 0. The third-order valence-corrected chi connectivity index (χ3v) is 4.29. The second-order valence-corrected chi connectivity index (χ2v) is 6.79. The van der Waals surface area contributed by atoms with Crippen molar-refractivity contribution in [3.05, 3.63) is 42.1 Å². The molecule has 7 heteroatoms. The minimum atomic E-state index is -0.627. The third kappa shape index (κ3) is 4.49. The van der Waals surface area contributed by atoms with Crippen LogP contribution in [0.15, 0.2) is 35.0 Å². The molecule has 1 aliphatic heterocycles. The molecular weight excluding hydrogens is 322 g/mol. The van der Waals surface area contributed by atoms with Crippen LogP contribution in [0.25, 0.3) is 0 Å². The molecule has 25 heavy (non-hydrogen) atoms. The molecule has 0 bridgehead atoms. The summed E-state index contributed by atoms with van der Waals surface area (Å²) in [6.07, 6.45) is 4.60. The van der Waals surface area contributed by atoms with E-state index in [1.54, 1.807) is 34.1 Å². The Balaban J connectivity index is 1.50. The summed E-state index contributed by atoms with van der Waals surface area (Å²) in [4.78, 5) is 26.1. The Bertz CT molecular complexity index is 713. The molecule has 134 valence electrons.